The minimum absolute atomic E-state index is 0. The zero-order chi connectivity index (χ0) is 42.9. The van der Waals surface area contributed by atoms with E-state index in [4.69, 9.17) is 18.9 Å². The fraction of sp³-hybridized carbons (Fsp3) is 0.857. The van der Waals surface area contributed by atoms with E-state index in [1.165, 1.54) is 0 Å². The van der Waals surface area contributed by atoms with Gasteiger partial charge >= 0.3 is 17.9 Å². The Bertz CT molecular complexity index is 1740. The number of carboxylic acid groups (broad SMARTS) is 3. The van der Waals surface area contributed by atoms with Crippen molar-refractivity contribution < 1.29 is 84.5 Å². The van der Waals surface area contributed by atoms with E-state index in [0.717, 1.165) is 37.7 Å². The van der Waals surface area contributed by atoms with Gasteiger partial charge in [-0.3, -0.25) is 9.59 Å². The number of ketones is 1. The molecule has 6 fully saturated rings. The van der Waals surface area contributed by atoms with Crippen molar-refractivity contribution in [2.75, 3.05) is 0 Å². The highest BCUT2D eigenvalue weighted by Gasteiger charge is 2.71. The van der Waals surface area contributed by atoms with Gasteiger partial charge in [0.1, 0.15) is 36.6 Å². The molecule has 2 heterocycles. The topological polar surface area (TPSA) is 334 Å². The van der Waals surface area contributed by atoms with Crippen LogP contribution >= 0.6 is 0 Å². The van der Waals surface area contributed by atoms with Crippen LogP contribution in [0.3, 0.4) is 0 Å². The summed E-state index contributed by atoms with van der Waals surface area (Å²) >= 11 is 0. The number of ether oxygens (including phenoxy) is 4. The largest absolute Gasteiger partial charge is 0.481 e. The quantitative estimate of drug-likeness (QED) is 0.164. The number of hydrogen-bond donors (Lipinski definition) is 9. The third-order valence-electron chi connectivity index (χ3n) is 17.2. The van der Waals surface area contributed by atoms with Gasteiger partial charge in [0.2, 0.25) is 0 Å². The van der Waals surface area contributed by atoms with Gasteiger partial charge < -0.3 is 71.4 Å². The molecule has 2 aliphatic heterocycles. The number of carbonyl (C=O) groups is 4. The van der Waals surface area contributed by atoms with Gasteiger partial charge in [-0.05, 0) is 110 Å². The van der Waals surface area contributed by atoms with Crippen LogP contribution in [0, 0.1) is 50.2 Å². The van der Waals surface area contributed by atoms with E-state index in [0.29, 0.717) is 25.7 Å². The summed E-state index contributed by atoms with van der Waals surface area (Å²) < 4.78 is 23.4. The van der Waals surface area contributed by atoms with Crippen LogP contribution in [-0.4, -0.2) is 138 Å². The number of aliphatic carboxylic acids is 3. The van der Waals surface area contributed by atoms with Crippen LogP contribution < -0.4 is 6.15 Å². The molecule has 0 aromatic rings. The Hall–Kier alpha value is -2.62. The number of fused-ring (bicyclic) bond motifs is 7. The maximum absolute atomic E-state index is 14.8. The van der Waals surface area contributed by atoms with Crippen molar-refractivity contribution in [3.05, 3.63) is 11.6 Å². The summed E-state index contributed by atoms with van der Waals surface area (Å²) in [5.41, 5.74) is -1.81. The molecule has 18 nitrogen and oxygen atoms in total. The van der Waals surface area contributed by atoms with Crippen LogP contribution in [0.5, 0.6) is 0 Å². The molecule has 0 bridgehead atoms. The van der Waals surface area contributed by atoms with Gasteiger partial charge in [-0.15, -0.1) is 0 Å². The molecular weight excluding hydrogens is 790 g/mol. The molecular formula is C42H67NO17. The molecule has 0 radical (unpaired) electrons. The standard InChI is InChI=1S/C42H62O16.H3N.H2O/c1-37(2)21-8-11-42(7)31(20(43)16-18-19-17-39(4,36(53)54)13-12-38(19,3)14-15-41(18,42)6)40(21,5)10-9-22(37)55-35-30(26(47)25(46)29(57-35)33(51)52)58-34-27(48)23(44)24(45)28(56-34)32(49)50;;/h16,19,21-31,34-35,44-48H,8-15,17H2,1-7H3,(H,49,50)(H,51,52)(H,53,54);1H3;1H2/t19?,21?,22?,23?,24?,25?,26?,27?,28?,29?,30?,31?,34?,35?,38-,39+,40+,41-,42-;;/m1../s1. The van der Waals surface area contributed by atoms with Gasteiger partial charge in [0.05, 0.1) is 11.5 Å². The van der Waals surface area contributed by atoms with E-state index < -0.39 is 107 Å². The average molecular weight is 858 g/mol. The lowest BCUT2D eigenvalue weighted by molar-refractivity contribution is -0.371. The number of carbonyl (C=O) groups excluding carboxylic acids is 1. The molecule has 60 heavy (non-hydrogen) atoms. The molecule has 0 aromatic heterocycles. The van der Waals surface area contributed by atoms with Crippen LogP contribution in [0.2, 0.25) is 0 Å². The second-order valence-electron chi connectivity index (χ2n) is 20.6. The van der Waals surface area contributed by atoms with Crippen LogP contribution in [-0.2, 0) is 38.1 Å². The number of rotatable bonds is 7. The smallest absolute Gasteiger partial charge is 0.335 e. The Morgan fingerprint density at radius 1 is 0.700 bits per heavy atom. The summed E-state index contributed by atoms with van der Waals surface area (Å²) in [6.45, 7) is 14.8. The SMILES string of the molecule is CC1(C)C(OC2OC(C(=O)O)C(O)C(O)C2OC2OC(C(=O)O)C(O)C(O)C2O)CC[C@@]2(C)C1CC[C@]1(C)C2C(=O)C=C2C3C[C@@](C)(C(=O)O)CC[C@]3(C)CC[C@]21C.N.O. The normalized spacial score (nSPS) is 50.8. The van der Waals surface area contributed by atoms with Crippen molar-refractivity contribution in [3.63, 3.8) is 0 Å². The predicted octanol–water partition coefficient (Wildman–Crippen LogP) is 1.58. The van der Waals surface area contributed by atoms with E-state index in [2.05, 4.69) is 27.7 Å². The Morgan fingerprint density at radius 2 is 1.27 bits per heavy atom. The molecule has 5 aliphatic carbocycles. The molecule has 0 spiro atoms. The highest BCUT2D eigenvalue weighted by Crippen LogP contribution is 2.75. The molecule has 0 amide bonds. The minimum Gasteiger partial charge on any atom is -0.481 e. The molecule has 14 unspecified atom stereocenters. The minimum atomic E-state index is -2.05. The van der Waals surface area contributed by atoms with Gasteiger partial charge in [0, 0.05) is 5.92 Å². The number of carboxylic acids is 3. The molecule has 7 rings (SSSR count). The highest BCUT2D eigenvalue weighted by molar-refractivity contribution is 5.95. The van der Waals surface area contributed by atoms with Gasteiger partial charge in [-0.25, -0.2) is 9.59 Å². The first-order valence-electron chi connectivity index (χ1n) is 20.7. The molecule has 19 atom stereocenters. The third-order valence-corrected chi connectivity index (χ3v) is 17.2. The molecule has 2 saturated heterocycles. The molecule has 18 heteroatoms. The molecule has 342 valence electrons. The average Bonchev–Trinajstić information content (AvgIpc) is 3.13. The van der Waals surface area contributed by atoms with Crippen molar-refractivity contribution in [2.24, 2.45) is 50.2 Å². The first-order chi connectivity index (χ1) is 26.8. The summed E-state index contributed by atoms with van der Waals surface area (Å²) in [5, 5.41) is 83.0. The highest BCUT2D eigenvalue weighted by atomic mass is 16.8. The number of hydrogen-bond acceptors (Lipinski definition) is 14. The molecule has 4 saturated carbocycles. The van der Waals surface area contributed by atoms with Gasteiger partial charge in [-0.1, -0.05) is 47.1 Å². The van der Waals surface area contributed by atoms with Crippen molar-refractivity contribution in [2.45, 2.75) is 174 Å². The Labute approximate surface area is 349 Å². The van der Waals surface area contributed by atoms with Crippen molar-refractivity contribution in [3.8, 4) is 0 Å². The van der Waals surface area contributed by atoms with E-state index >= 15 is 0 Å². The van der Waals surface area contributed by atoms with Gasteiger partial charge in [0.15, 0.2) is 30.6 Å². The summed E-state index contributed by atoms with van der Waals surface area (Å²) in [5.74, 6) is -4.47. The summed E-state index contributed by atoms with van der Waals surface area (Å²) in [7, 11) is 0. The van der Waals surface area contributed by atoms with E-state index in [9.17, 15) is 60.0 Å². The summed E-state index contributed by atoms with van der Waals surface area (Å²) in [4.78, 5) is 51.3. The zero-order valence-electron chi connectivity index (χ0n) is 35.6. The lowest BCUT2D eigenvalue weighted by Crippen LogP contribution is -2.68. The molecule has 0 aromatic carbocycles. The van der Waals surface area contributed by atoms with Gasteiger partial charge in [0.25, 0.3) is 0 Å². The molecule has 13 N–H and O–H groups in total. The van der Waals surface area contributed by atoms with Crippen molar-refractivity contribution >= 4 is 23.7 Å². The lowest BCUT2D eigenvalue weighted by atomic mass is 9.33. The van der Waals surface area contributed by atoms with Gasteiger partial charge in [-0.2, -0.15) is 0 Å². The van der Waals surface area contributed by atoms with E-state index in [-0.39, 0.29) is 46.0 Å². The fourth-order valence-electron chi connectivity index (χ4n) is 13.4. The Balaban J connectivity index is 0.00000341. The van der Waals surface area contributed by atoms with E-state index in [1.54, 1.807) is 0 Å². The second-order valence-corrected chi connectivity index (χ2v) is 20.6. The molecule has 7 aliphatic rings. The monoisotopic (exact) mass is 857 g/mol. The third kappa shape index (κ3) is 6.96. The first kappa shape index (κ1) is 48.4. The van der Waals surface area contributed by atoms with Crippen LogP contribution in [0.25, 0.3) is 0 Å². The maximum Gasteiger partial charge on any atom is 0.335 e. The number of aliphatic hydroxyl groups excluding tert-OH is 5. The van der Waals surface area contributed by atoms with Crippen LogP contribution in [0.4, 0.5) is 0 Å². The Kier molecular flexibility index (Phi) is 12.8. The summed E-state index contributed by atoms with van der Waals surface area (Å²) in [6, 6.07) is 0. The second kappa shape index (κ2) is 15.9. The Morgan fingerprint density at radius 3 is 1.85 bits per heavy atom. The first-order valence-corrected chi connectivity index (χ1v) is 20.7. The van der Waals surface area contributed by atoms with Crippen molar-refractivity contribution in [1.29, 1.82) is 0 Å². The lowest BCUT2D eigenvalue weighted by Gasteiger charge is -2.70. The predicted molar refractivity (Wildman–Crippen MR) is 208 cm³/mol. The maximum atomic E-state index is 14.8. The van der Waals surface area contributed by atoms with E-state index in [1.807, 2.05) is 26.8 Å². The zero-order valence-corrected chi connectivity index (χ0v) is 35.6. The fourth-order valence-corrected chi connectivity index (χ4v) is 13.4. The van der Waals surface area contributed by atoms with Crippen LogP contribution in [0.1, 0.15) is 106 Å². The number of allylic oxidation sites excluding steroid dienone is 2. The number of aliphatic hydroxyl groups is 5. The summed E-state index contributed by atoms with van der Waals surface area (Å²) in [6.07, 6.45) is -12.2. The van der Waals surface area contributed by atoms with Crippen LogP contribution in [0.15, 0.2) is 11.6 Å². The van der Waals surface area contributed by atoms with Crippen molar-refractivity contribution in [1.82, 2.24) is 6.15 Å².